The Labute approximate surface area is 164 Å². The van der Waals surface area contributed by atoms with Crippen LogP contribution in [-0.4, -0.2) is 30.5 Å². The van der Waals surface area contributed by atoms with E-state index in [1.54, 1.807) is 12.1 Å². The van der Waals surface area contributed by atoms with E-state index < -0.39 is 11.4 Å². The fraction of sp³-hybridized carbons (Fsp3) is 0.150. The van der Waals surface area contributed by atoms with Gasteiger partial charge in [-0.2, -0.15) is 4.68 Å². The fourth-order valence-corrected chi connectivity index (χ4v) is 2.97. The highest BCUT2D eigenvalue weighted by atomic mass is 19.1. The molecule has 1 amide bonds. The molecule has 2 aromatic carbocycles. The minimum Gasteiger partial charge on any atom is -0.324 e. The summed E-state index contributed by atoms with van der Waals surface area (Å²) in [5, 5.41) is 10.6. The average molecular weight is 392 g/mol. The first-order chi connectivity index (χ1) is 13.9. The number of carbonyl (C=O) groups is 1. The zero-order valence-electron chi connectivity index (χ0n) is 15.8. The third kappa shape index (κ3) is 3.49. The average Bonchev–Trinajstić information content (AvgIpc) is 3.12. The Balaban J connectivity index is 1.62. The second-order valence-corrected chi connectivity index (χ2v) is 6.63. The molecule has 2 aromatic heterocycles. The van der Waals surface area contributed by atoms with Gasteiger partial charge in [0.15, 0.2) is 11.2 Å². The van der Waals surface area contributed by atoms with Crippen LogP contribution in [0.1, 0.15) is 11.1 Å². The molecule has 0 unspecified atom stereocenters. The first-order valence-corrected chi connectivity index (χ1v) is 8.87. The lowest BCUT2D eigenvalue weighted by Crippen LogP contribution is -2.28. The highest BCUT2D eigenvalue weighted by Crippen LogP contribution is 2.18. The topological polar surface area (TPSA) is 94.7 Å². The Bertz CT molecular complexity index is 1290. The molecule has 0 aliphatic carbocycles. The van der Waals surface area contributed by atoms with Gasteiger partial charge in [0.1, 0.15) is 18.7 Å². The summed E-state index contributed by atoms with van der Waals surface area (Å²) >= 11 is 0. The summed E-state index contributed by atoms with van der Waals surface area (Å²) in [7, 11) is 0. The molecular weight excluding hydrogens is 375 g/mol. The molecule has 1 N–H and O–H groups in total. The highest BCUT2D eigenvalue weighted by molar-refractivity contribution is 5.91. The van der Waals surface area contributed by atoms with Gasteiger partial charge in [-0.1, -0.05) is 23.4 Å². The van der Waals surface area contributed by atoms with Crippen molar-refractivity contribution >= 4 is 22.8 Å². The molecule has 146 valence electrons. The summed E-state index contributed by atoms with van der Waals surface area (Å²) in [4.78, 5) is 29.3. The van der Waals surface area contributed by atoms with Gasteiger partial charge in [-0.05, 0) is 49.2 Å². The normalized spacial score (nSPS) is 11.0. The number of amides is 1. The van der Waals surface area contributed by atoms with Crippen LogP contribution in [0.5, 0.6) is 0 Å². The standard InChI is InChI=1S/C20H17FN6O2/c1-12-5-3-8-16(13(12)2)23-17(28)10-26-11-22-19-18(20(26)29)24-25-27(19)15-7-4-6-14(21)9-15/h3-9,11H,10H2,1-2H3,(H,23,28). The molecule has 4 rings (SSSR count). The maximum atomic E-state index is 13.5. The number of halogens is 1. The van der Waals surface area contributed by atoms with Gasteiger partial charge in [-0.15, -0.1) is 5.10 Å². The van der Waals surface area contributed by atoms with Crippen molar-refractivity contribution in [3.05, 3.63) is 76.1 Å². The quantitative estimate of drug-likeness (QED) is 0.575. The molecule has 0 radical (unpaired) electrons. The van der Waals surface area contributed by atoms with Gasteiger partial charge in [0, 0.05) is 5.69 Å². The van der Waals surface area contributed by atoms with Gasteiger partial charge in [0.05, 0.1) is 5.69 Å². The molecule has 4 aromatic rings. The van der Waals surface area contributed by atoms with E-state index in [1.165, 1.54) is 29.2 Å². The van der Waals surface area contributed by atoms with Gasteiger partial charge in [0.25, 0.3) is 5.56 Å². The van der Waals surface area contributed by atoms with Gasteiger partial charge in [-0.3, -0.25) is 14.2 Å². The van der Waals surface area contributed by atoms with Crippen LogP contribution in [0.3, 0.4) is 0 Å². The van der Waals surface area contributed by atoms with Crippen LogP contribution in [0.4, 0.5) is 10.1 Å². The summed E-state index contributed by atoms with van der Waals surface area (Å²) in [5.41, 5.74) is 2.77. The monoisotopic (exact) mass is 392 g/mol. The lowest BCUT2D eigenvalue weighted by molar-refractivity contribution is -0.116. The maximum Gasteiger partial charge on any atom is 0.284 e. The number of benzene rings is 2. The third-order valence-corrected chi connectivity index (χ3v) is 4.67. The number of nitrogens with one attached hydrogen (secondary N) is 1. The molecule has 0 aliphatic rings. The van der Waals surface area contributed by atoms with Gasteiger partial charge in [-0.25, -0.2) is 9.37 Å². The predicted molar refractivity (Wildman–Crippen MR) is 105 cm³/mol. The summed E-state index contributed by atoms with van der Waals surface area (Å²) in [6.07, 6.45) is 1.26. The third-order valence-electron chi connectivity index (χ3n) is 4.67. The van der Waals surface area contributed by atoms with Crippen LogP contribution >= 0.6 is 0 Å². The van der Waals surface area contributed by atoms with Crippen LogP contribution in [0.2, 0.25) is 0 Å². The number of rotatable bonds is 4. The lowest BCUT2D eigenvalue weighted by Gasteiger charge is -2.11. The van der Waals surface area contributed by atoms with E-state index in [4.69, 9.17) is 0 Å². The summed E-state index contributed by atoms with van der Waals surface area (Å²) in [6, 6.07) is 11.3. The van der Waals surface area contributed by atoms with Crippen LogP contribution in [-0.2, 0) is 11.3 Å². The van der Waals surface area contributed by atoms with Crippen molar-refractivity contribution in [1.82, 2.24) is 24.5 Å². The van der Waals surface area contributed by atoms with Crippen LogP contribution in [0, 0.1) is 19.7 Å². The van der Waals surface area contributed by atoms with Crippen molar-refractivity contribution in [2.75, 3.05) is 5.32 Å². The largest absolute Gasteiger partial charge is 0.324 e. The number of anilines is 1. The molecule has 0 fully saturated rings. The Kier molecular flexibility index (Phi) is 4.63. The Morgan fingerprint density at radius 1 is 1.17 bits per heavy atom. The predicted octanol–water partition coefficient (Wildman–Crippen LogP) is 2.37. The molecule has 8 nitrogen and oxygen atoms in total. The smallest absolute Gasteiger partial charge is 0.284 e. The van der Waals surface area contributed by atoms with Crippen molar-refractivity contribution in [2.24, 2.45) is 0 Å². The number of fused-ring (bicyclic) bond motifs is 1. The fourth-order valence-electron chi connectivity index (χ4n) is 2.97. The molecule has 2 heterocycles. The summed E-state index contributed by atoms with van der Waals surface area (Å²) in [6.45, 7) is 3.65. The number of hydrogen-bond donors (Lipinski definition) is 1. The molecule has 0 saturated carbocycles. The van der Waals surface area contributed by atoms with Gasteiger partial charge >= 0.3 is 0 Å². The van der Waals surface area contributed by atoms with E-state index in [1.807, 2.05) is 26.0 Å². The van der Waals surface area contributed by atoms with Crippen molar-refractivity contribution in [3.8, 4) is 5.69 Å². The minimum atomic E-state index is -0.506. The van der Waals surface area contributed by atoms with Crippen molar-refractivity contribution < 1.29 is 9.18 Å². The molecule has 0 saturated heterocycles. The molecule has 0 aliphatic heterocycles. The molecule has 0 atom stereocenters. The number of hydrogen-bond acceptors (Lipinski definition) is 5. The maximum absolute atomic E-state index is 13.5. The highest BCUT2D eigenvalue weighted by Gasteiger charge is 2.15. The van der Waals surface area contributed by atoms with E-state index in [9.17, 15) is 14.0 Å². The van der Waals surface area contributed by atoms with Crippen molar-refractivity contribution in [3.63, 3.8) is 0 Å². The molecule has 29 heavy (non-hydrogen) atoms. The number of nitrogens with zero attached hydrogens (tertiary/aromatic N) is 5. The van der Waals surface area contributed by atoms with E-state index in [-0.39, 0.29) is 23.6 Å². The Morgan fingerprint density at radius 2 is 1.97 bits per heavy atom. The second-order valence-electron chi connectivity index (χ2n) is 6.63. The molecular formula is C20H17FN6O2. The van der Waals surface area contributed by atoms with E-state index in [2.05, 4.69) is 20.6 Å². The zero-order chi connectivity index (χ0) is 20.5. The van der Waals surface area contributed by atoms with Gasteiger partial charge in [0.2, 0.25) is 5.91 Å². The molecule has 0 bridgehead atoms. The van der Waals surface area contributed by atoms with Gasteiger partial charge < -0.3 is 5.32 Å². The van der Waals surface area contributed by atoms with Crippen LogP contribution in [0.15, 0.2) is 53.6 Å². The zero-order valence-corrected chi connectivity index (χ0v) is 15.8. The summed E-state index contributed by atoms with van der Waals surface area (Å²) in [5.74, 6) is -0.804. The van der Waals surface area contributed by atoms with E-state index in [0.29, 0.717) is 11.4 Å². The lowest BCUT2D eigenvalue weighted by atomic mass is 10.1. The van der Waals surface area contributed by atoms with Crippen molar-refractivity contribution in [1.29, 1.82) is 0 Å². The van der Waals surface area contributed by atoms with Crippen molar-refractivity contribution in [2.45, 2.75) is 20.4 Å². The Hall–Kier alpha value is -3.88. The van der Waals surface area contributed by atoms with Crippen LogP contribution in [0.25, 0.3) is 16.9 Å². The Morgan fingerprint density at radius 3 is 2.76 bits per heavy atom. The SMILES string of the molecule is Cc1cccc(NC(=O)Cn2cnc3c(nnn3-c3cccc(F)c3)c2=O)c1C. The minimum absolute atomic E-state index is 0.00343. The summed E-state index contributed by atoms with van der Waals surface area (Å²) < 4.78 is 15.9. The second kappa shape index (κ2) is 7.27. The molecule has 9 heteroatoms. The number of aromatic nitrogens is 5. The first kappa shape index (κ1) is 18.5. The van der Waals surface area contributed by atoms with E-state index >= 15 is 0 Å². The molecule has 0 spiro atoms. The number of aryl methyl sites for hydroxylation is 1. The van der Waals surface area contributed by atoms with Crippen LogP contribution < -0.4 is 10.9 Å². The van der Waals surface area contributed by atoms with E-state index in [0.717, 1.165) is 15.7 Å². The first-order valence-electron chi connectivity index (χ1n) is 8.87. The number of carbonyl (C=O) groups excluding carboxylic acids is 1.